The lowest BCUT2D eigenvalue weighted by Gasteiger charge is -2.13. The smallest absolute Gasteiger partial charge is 0.251 e. The highest BCUT2D eigenvalue weighted by Crippen LogP contribution is 2.18. The normalized spacial score (nSPS) is 11.5. The third-order valence-corrected chi connectivity index (χ3v) is 4.95. The van der Waals surface area contributed by atoms with Crippen molar-refractivity contribution in [2.24, 2.45) is 0 Å². The molecule has 6 heteroatoms. The Kier molecular flexibility index (Phi) is 10.4. The SMILES string of the molecule is CCCCCCOc1cccc(NC(=O)CNc2cccc(C(=O)NC(C)CC)c2)c1. The Morgan fingerprint density at radius 1 is 0.968 bits per heavy atom. The molecule has 0 fully saturated rings. The van der Waals surface area contributed by atoms with Gasteiger partial charge in [-0.1, -0.05) is 45.2 Å². The third kappa shape index (κ3) is 9.11. The molecule has 6 nitrogen and oxygen atoms in total. The minimum Gasteiger partial charge on any atom is -0.494 e. The van der Waals surface area contributed by atoms with Gasteiger partial charge in [0.05, 0.1) is 13.2 Å². The van der Waals surface area contributed by atoms with Gasteiger partial charge in [0.25, 0.3) is 5.91 Å². The summed E-state index contributed by atoms with van der Waals surface area (Å²) in [6, 6.07) is 14.7. The van der Waals surface area contributed by atoms with E-state index in [-0.39, 0.29) is 24.4 Å². The molecule has 168 valence electrons. The number of unbranched alkanes of at least 4 members (excludes halogenated alkanes) is 3. The zero-order chi connectivity index (χ0) is 22.5. The Labute approximate surface area is 185 Å². The molecule has 31 heavy (non-hydrogen) atoms. The second-order valence-electron chi connectivity index (χ2n) is 7.70. The van der Waals surface area contributed by atoms with Crippen molar-refractivity contribution in [3.63, 3.8) is 0 Å². The summed E-state index contributed by atoms with van der Waals surface area (Å²) in [7, 11) is 0. The van der Waals surface area contributed by atoms with Crippen molar-refractivity contribution >= 4 is 23.2 Å². The number of hydrogen-bond donors (Lipinski definition) is 3. The van der Waals surface area contributed by atoms with Crippen molar-refractivity contribution in [2.75, 3.05) is 23.8 Å². The van der Waals surface area contributed by atoms with Crippen molar-refractivity contribution in [2.45, 2.75) is 58.9 Å². The van der Waals surface area contributed by atoms with E-state index in [9.17, 15) is 9.59 Å². The van der Waals surface area contributed by atoms with Crippen LogP contribution in [0.15, 0.2) is 48.5 Å². The van der Waals surface area contributed by atoms with Crippen LogP contribution in [-0.4, -0.2) is 31.0 Å². The van der Waals surface area contributed by atoms with E-state index >= 15 is 0 Å². The number of benzene rings is 2. The quantitative estimate of drug-likeness (QED) is 0.384. The van der Waals surface area contributed by atoms with E-state index in [2.05, 4.69) is 22.9 Å². The van der Waals surface area contributed by atoms with Gasteiger partial charge < -0.3 is 20.7 Å². The maximum atomic E-state index is 12.3. The van der Waals surface area contributed by atoms with Crippen LogP contribution in [0.3, 0.4) is 0 Å². The molecule has 2 aromatic rings. The topological polar surface area (TPSA) is 79.5 Å². The fourth-order valence-corrected chi connectivity index (χ4v) is 2.95. The maximum absolute atomic E-state index is 12.3. The van der Waals surface area contributed by atoms with Crippen LogP contribution in [0.5, 0.6) is 5.75 Å². The highest BCUT2D eigenvalue weighted by Gasteiger charge is 2.09. The number of anilines is 2. The van der Waals surface area contributed by atoms with Crippen molar-refractivity contribution in [1.82, 2.24) is 5.32 Å². The molecule has 0 bridgehead atoms. The van der Waals surface area contributed by atoms with Crippen LogP contribution in [0.2, 0.25) is 0 Å². The summed E-state index contributed by atoms with van der Waals surface area (Å²) in [5.74, 6) is 0.464. The molecule has 0 aliphatic heterocycles. The molecular formula is C25H35N3O3. The number of nitrogens with one attached hydrogen (secondary N) is 3. The van der Waals surface area contributed by atoms with Crippen LogP contribution in [-0.2, 0) is 4.79 Å². The van der Waals surface area contributed by atoms with Crippen molar-refractivity contribution in [1.29, 1.82) is 0 Å². The van der Waals surface area contributed by atoms with Crippen molar-refractivity contribution < 1.29 is 14.3 Å². The molecule has 3 N–H and O–H groups in total. The van der Waals surface area contributed by atoms with Gasteiger partial charge in [-0.05, 0) is 50.1 Å². The molecular weight excluding hydrogens is 390 g/mol. The lowest BCUT2D eigenvalue weighted by molar-refractivity contribution is -0.114. The number of rotatable bonds is 13. The van der Waals surface area contributed by atoms with Gasteiger partial charge in [0.1, 0.15) is 5.75 Å². The fraction of sp³-hybridized carbons (Fsp3) is 0.440. The van der Waals surface area contributed by atoms with Gasteiger partial charge in [0, 0.05) is 29.0 Å². The number of amides is 2. The average molecular weight is 426 g/mol. The van der Waals surface area contributed by atoms with Gasteiger partial charge in [0.15, 0.2) is 0 Å². The molecule has 0 radical (unpaired) electrons. The van der Waals surface area contributed by atoms with Crippen LogP contribution in [0.4, 0.5) is 11.4 Å². The van der Waals surface area contributed by atoms with Crippen LogP contribution in [0.1, 0.15) is 63.2 Å². The molecule has 0 aromatic heterocycles. The molecule has 2 rings (SSSR count). The van der Waals surface area contributed by atoms with E-state index in [1.54, 1.807) is 18.2 Å². The first-order valence-corrected chi connectivity index (χ1v) is 11.2. The standard InChI is InChI=1S/C25H35N3O3/c1-4-6-7-8-15-31-23-14-10-13-22(17-23)28-24(29)18-26-21-12-9-11-20(16-21)25(30)27-19(3)5-2/h9-14,16-17,19,26H,4-8,15,18H2,1-3H3,(H,27,30)(H,28,29). The summed E-state index contributed by atoms with van der Waals surface area (Å²) >= 11 is 0. The summed E-state index contributed by atoms with van der Waals surface area (Å²) in [5, 5.41) is 8.89. The van der Waals surface area contributed by atoms with Gasteiger partial charge in [-0.25, -0.2) is 0 Å². The molecule has 0 spiro atoms. The molecule has 2 aromatic carbocycles. The van der Waals surface area contributed by atoms with Crippen molar-refractivity contribution in [3.05, 3.63) is 54.1 Å². The van der Waals surface area contributed by atoms with Gasteiger partial charge in [-0.3, -0.25) is 9.59 Å². The second kappa shape index (κ2) is 13.3. The lowest BCUT2D eigenvalue weighted by atomic mass is 10.1. The van der Waals surface area contributed by atoms with Gasteiger partial charge >= 0.3 is 0 Å². The Hall–Kier alpha value is -3.02. The number of hydrogen-bond acceptors (Lipinski definition) is 4. The van der Waals surface area contributed by atoms with Gasteiger partial charge in [-0.15, -0.1) is 0 Å². The highest BCUT2D eigenvalue weighted by molar-refractivity contribution is 5.96. The third-order valence-electron chi connectivity index (χ3n) is 4.95. The molecule has 2 amide bonds. The molecule has 0 aliphatic rings. The first-order chi connectivity index (χ1) is 15.0. The molecule has 0 saturated heterocycles. The molecule has 1 atom stereocenters. The summed E-state index contributed by atoms with van der Waals surface area (Å²) in [6.45, 7) is 6.95. The molecule has 1 unspecified atom stereocenters. The summed E-state index contributed by atoms with van der Waals surface area (Å²) < 4.78 is 5.77. The zero-order valence-electron chi connectivity index (χ0n) is 18.9. The number of carbonyl (C=O) groups is 2. The highest BCUT2D eigenvalue weighted by atomic mass is 16.5. The van der Waals surface area contributed by atoms with Crippen LogP contribution < -0.4 is 20.7 Å². The Bertz CT molecular complexity index is 838. The Morgan fingerprint density at radius 2 is 1.74 bits per heavy atom. The van der Waals surface area contributed by atoms with E-state index in [1.165, 1.54) is 19.3 Å². The van der Waals surface area contributed by atoms with Gasteiger partial charge in [0.2, 0.25) is 5.91 Å². The van der Waals surface area contributed by atoms with Crippen LogP contribution in [0.25, 0.3) is 0 Å². The summed E-state index contributed by atoms with van der Waals surface area (Å²) in [5.41, 5.74) is 1.98. The minimum absolute atomic E-state index is 0.0958. The zero-order valence-corrected chi connectivity index (χ0v) is 18.9. The van der Waals surface area contributed by atoms with E-state index in [1.807, 2.05) is 44.2 Å². The molecule has 0 saturated carbocycles. The predicted molar refractivity (Wildman–Crippen MR) is 127 cm³/mol. The van der Waals surface area contributed by atoms with E-state index < -0.39 is 0 Å². The van der Waals surface area contributed by atoms with E-state index in [0.29, 0.717) is 17.9 Å². The van der Waals surface area contributed by atoms with Crippen LogP contribution >= 0.6 is 0 Å². The monoisotopic (exact) mass is 425 g/mol. The van der Waals surface area contributed by atoms with E-state index in [4.69, 9.17) is 4.74 Å². The first kappa shape index (κ1) is 24.3. The van der Waals surface area contributed by atoms with Crippen molar-refractivity contribution in [3.8, 4) is 5.75 Å². The summed E-state index contributed by atoms with van der Waals surface area (Å²) in [4.78, 5) is 24.6. The van der Waals surface area contributed by atoms with Gasteiger partial charge in [-0.2, -0.15) is 0 Å². The molecule has 0 aliphatic carbocycles. The minimum atomic E-state index is -0.172. The predicted octanol–water partition coefficient (Wildman–Crippen LogP) is 5.22. The largest absolute Gasteiger partial charge is 0.494 e. The molecule has 0 heterocycles. The second-order valence-corrected chi connectivity index (χ2v) is 7.70. The number of carbonyl (C=O) groups excluding carboxylic acids is 2. The first-order valence-electron chi connectivity index (χ1n) is 11.2. The average Bonchev–Trinajstić information content (AvgIpc) is 2.78. The van der Waals surface area contributed by atoms with E-state index in [0.717, 1.165) is 24.3 Å². The fourth-order valence-electron chi connectivity index (χ4n) is 2.95. The van der Waals surface area contributed by atoms with Crippen LogP contribution in [0, 0.1) is 0 Å². The maximum Gasteiger partial charge on any atom is 0.251 e. The summed E-state index contributed by atoms with van der Waals surface area (Å²) in [6.07, 6.45) is 5.49. The Morgan fingerprint density at radius 3 is 2.52 bits per heavy atom. The number of ether oxygens (including phenoxy) is 1. The Balaban J connectivity index is 1.82. The lowest BCUT2D eigenvalue weighted by Crippen LogP contribution is -2.31.